The third kappa shape index (κ3) is 4.58. The SMILES string of the molecule is COc1ccccc1Nc1nc(N)nc(CSc2nnc(-c3ccccc3F)n2C2CC2)n1. The van der Waals surface area contributed by atoms with Crippen LogP contribution in [0.2, 0.25) is 0 Å². The zero-order chi connectivity index (χ0) is 22.8. The summed E-state index contributed by atoms with van der Waals surface area (Å²) < 4.78 is 21.7. The van der Waals surface area contributed by atoms with Gasteiger partial charge in [0.1, 0.15) is 17.4 Å². The number of nitrogens with one attached hydrogen (secondary N) is 1. The van der Waals surface area contributed by atoms with E-state index in [2.05, 4.69) is 30.5 Å². The highest BCUT2D eigenvalue weighted by atomic mass is 32.2. The van der Waals surface area contributed by atoms with Crippen LogP contribution >= 0.6 is 11.8 Å². The molecule has 0 radical (unpaired) electrons. The predicted molar refractivity (Wildman–Crippen MR) is 124 cm³/mol. The van der Waals surface area contributed by atoms with Gasteiger partial charge in [-0.2, -0.15) is 15.0 Å². The summed E-state index contributed by atoms with van der Waals surface area (Å²) in [6.45, 7) is 0. The van der Waals surface area contributed by atoms with Crippen LogP contribution in [0.1, 0.15) is 24.7 Å². The number of ether oxygens (including phenoxy) is 1. The monoisotopic (exact) mass is 464 g/mol. The molecule has 2 aromatic carbocycles. The lowest BCUT2D eigenvalue weighted by atomic mass is 10.2. The number of nitrogens with zero attached hydrogens (tertiary/aromatic N) is 6. The maximum atomic E-state index is 14.4. The van der Waals surface area contributed by atoms with Gasteiger partial charge in [-0.3, -0.25) is 4.57 Å². The van der Waals surface area contributed by atoms with E-state index in [0.29, 0.717) is 45.5 Å². The van der Waals surface area contributed by atoms with Gasteiger partial charge in [0, 0.05) is 6.04 Å². The van der Waals surface area contributed by atoms with Gasteiger partial charge >= 0.3 is 0 Å². The first-order valence-electron chi connectivity index (χ1n) is 10.4. The fourth-order valence-corrected chi connectivity index (χ4v) is 4.28. The summed E-state index contributed by atoms with van der Waals surface area (Å²) in [5.41, 5.74) is 7.08. The molecule has 168 valence electrons. The molecule has 1 fully saturated rings. The van der Waals surface area contributed by atoms with E-state index in [1.54, 1.807) is 25.3 Å². The van der Waals surface area contributed by atoms with Gasteiger partial charge in [-0.25, -0.2) is 4.39 Å². The second-order valence-corrected chi connectivity index (χ2v) is 8.38. The molecule has 1 saturated carbocycles. The van der Waals surface area contributed by atoms with Crippen molar-refractivity contribution in [1.29, 1.82) is 0 Å². The van der Waals surface area contributed by atoms with Crippen LogP contribution in [0.3, 0.4) is 0 Å². The number of hydrogen-bond acceptors (Lipinski definition) is 9. The van der Waals surface area contributed by atoms with Gasteiger partial charge in [-0.1, -0.05) is 36.0 Å². The van der Waals surface area contributed by atoms with Crippen LogP contribution in [0.4, 0.5) is 22.0 Å². The largest absolute Gasteiger partial charge is 0.495 e. The summed E-state index contributed by atoms with van der Waals surface area (Å²) in [4.78, 5) is 12.9. The maximum Gasteiger partial charge on any atom is 0.232 e. The van der Waals surface area contributed by atoms with Crippen molar-refractivity contribution < 1.29 is 9.13 Å². The number of nitrogens with two attached hydrogens (primary N) is 1. The van der Waals surface area contributed by atoms with Crippen molar-refractivity contribution in [3.8, 4) is 17.1 Å². The van der Waals surface area contributed by atoms with Crippen LogP contribution in [-0.4, -0.2) is 36.8 Å². The third-order valence-corrected chi connectivity index (χ3v) is 6.01. The van der Waals surface area contributed by atoms with Gasteiger partial charge in [0.2, 0.25) is 11.9 Å². The average Bonchev–Trinajstić information content (AvgIpc) is 3.57. The topological polar surface area (TPSA) is 117 Å². The van der Waals surface area contributed by atoms with E-state index in [0.717, 1.165) is 12.8 Å². The van der Waals surface area contributed by atoms with E-state index in [-0.39, 0.29) is 17.8 Å². The molecule has 0 bridgehead atoms. The molecular formula is C22H21FN8OS. The number of methoxy groups -OCH3 is 1. The first-order chi connectivity index (χ1) is 16.1. The Bertz CT molecular complexity index is 1290. The summed E-state index contributed by atoms with van der Waals surface area (Å²) in [7, 11) is 1.59. The minimum atomic E-state index is -0.319. The fourth-order valence-electron chi connectivity index (χ4n) is 3.42. The number of thioether (sulfide) groups is 1. The van der Waals surface area contributed by atoms with Crippen molar-refractivity contribution in [2.45, 2.75) is 29.8 Å². The number of anilines is 3. The Hall–Kier alpha value is -3.73. The molecular weight excluding hydrogens is 443 g/mol. The first kappa shape index (κ1) is 21.1. The van der Waals surface area contributed by atoms with Crippen LogP contribution in [0.5, 0.6) is 5.75 Å². The minimum Gasteiger partial charge on any atom is -0.495 e. The van der Waals surface area contributed by atoms with Crippen molar-refractivity contribution in [2.75, 3.05) is 18.2 Å². The summed E-state index contributed by atoms with van der Waals surface area (Å²) in [6, 6.07) is 14.3. The second kappa shape index (κ2) is 9.02. The Morgan fingerprint density at radius 2 is 1.88 bits per heavy atom. The van der Waals surface area contributed by atoms with E-state index in [9.17, 15) is 4.39 Å². The van der Waals surface area contributed by atoms with E-state index in [1.807, 2.05) is 28.8 Å². The molecule has 0 atom stereocenters. The summed E-state index contributed by atoms with van der Waals surface area (Å²) in [5.74, 6) is 2.18. The lowest BCUT2D eigenvalue weighted by Crippen LogP contribution is -2.07. The maximum absolute atomic E-state index is 14.4. The molecule has 0 amide bonds. The van der Waals surface area contributed by atoms with Gasteiger partial charge in [0.25, 0.3) is 0 Å². The molecule has 4 aromatic rings. The fraction of sp³-hybridized carbons (Fsp3) is 0.227. The van der Waals surface area contributed by atoms with Crippen LogP contribution in [0.15, 0.2) is 53.7 Å². The van der Waals surface area contributed by atoms with Crippen molar-refractivity contribution in [1.82, 2.24) is 29.7 Å². The van der Waals surface area contributed by atoms with E-state index in [4.69, 9.17) is 10.5 Å². The molecule has 1 aliphatic rings. The molecule has 0 unspecified atom stereocenters. The molecule has 2 aromatic heterocycles. The lowest BCUT2D eigenvalue weighted by molar-refractivity contribution is 0.417. The third-order valence-electron chi connectivity index (χ3n) is 5.07. The van der Waals surface area contributed by atoms with Gasteiger partial charge < -0.3 is 15.8 Å². The molecule has 0 spiro atoms. The number of halogens is 1. The van der Waals surface area contributed by atoms with E-state index >= 15 is 0 Å². The lowest BCUT2D eigenvalue weighted by Gasteiger charge is -2.11. The molecule has 11 heteroatoms. The standard InChI is InChI=1S/C22H21FN8OS/c1-32-17-9-5-4-8-16(17)25-21-27-18(26-20(24)28-21)12-33-22-30-29-19(31(22)13-10-11-13)14-6-2-3-7-15(14)23/h2-9,13H,10-12H2,1H3,(H3,24,25,26,27,28). The Morgan fingerprint density at radius 3 is 2.67 bits per heavy atom. The highest BCUT2D eigenvalue weighted by Gasteiger charge is 2.31. The second-order valence-electron chi connectivity index (χ2n) is 7.43. The van der Waals surface area contributed by atoms with Gasteiger partial charge in [0.05, 0.1) is 24.1 Å². The Kier molecular flexibility index (Phi) is 5.78. The molecule has 1 aliphatic carbocycles. The van der Waals surface area contributed by atoms with Crippen molar-refractivity contribution in [3.63, 3.8) is 0 Å². The normalized spacial score (nSPS) is 13.2. The summed E-state index contributed by atoms with van der Waals surface area (Å²) in [6.07, 6.45) is 2.03. The number of rotatable bonds is 8. The Labute approximate surface area is 193 Å². The van der Waals surface area contributed by atoms with E-state index in [1.165, 1.54) is 17.8 Å². The van der Waals surface area contributed by atoms with Crippen molar-refractivity contribution in [2.24, 2.45) is 0 Å². The van der Waals surface area contributed by atoms with Crippen LogP contribution < -0.4 is 15.8 Å². The quantitative estimate of drug-likeness (QED) is 0.369. The summed E-state index contributed by atoms with van der Waals surface area (Å²) in [5, 5.41) is 12.4. The molecule has 0 saturated heterocycles. The minimum absolute atomic E-state index is 0.105. The number of para-hydroxylation sites is 2. The smallest absolute Gasteiger partial charge is 0.232 e. The van der Waals surface area contributed by atoms with Crippen LogP contribution in [-0.2, 0) is 5.75 Å². The van der Waals surface area contributed by atoms with E-state index < -0.39 is 0 Å². The molecule has 2 heterocycles. The first-order valence-corrected chi connectivity index (χ1v) is 11.3. The molecule has 5 rings (SSSR count). The Morgan fingerprint density at radius 1 is 1.09 bits per heavy atom. The zero-order valence-electron chi connectivity index (χ0n) is 17.8. The van der Waals surface area contributed by atoms with Gasteiger partial charge in [-0.05, 0) is 37.1 Å². The predicted octanol–water partition coefficient (Wildman–Crippen LogP) is 4.23. The number of nitrogen functional groups attached to an aromatic ring is 1. The van der Waals surface area contributed by atoms with Crippen LogP contribution in [0, 0.1) is 5.82 Å². The van der Waals surface area contributed by atoms with Gasteiger partial charge in [0.15, 0.2) is 11.0 Å². The number of aromatic nitrogens is 6. The molecule has 33 heavy (non-hydrogen) atoms. The van der Waals surface area contributed by atoms with Crippen LogP contribution in [0.25, 0.3) is 11.4 Å². The number of benzene rings is 2. The molecule has 0 aliphatic heterocycles. The van der Waals surface area contributed by atoms with Crippen molar-refractivity contribution >= 4 is 29.3 Å². The summed E-state index contributed by atoms with van der Waals surface area (Å²) >= 11 is 1.43. The molecule has 3 N–H and O–H groups in total. The average molecular weight is 465 g/mol. The van der Waals surface area contributed by atoms with Crippen molar-refractivity contribution in [3.05, 3.63) is 60.2 Å². The van der Waals surface area contributed by atoms with Gasteiger partial charge in [-0.15, -0.1) is 10.2 Å². The highest BCUT2D eigenvalue weighted by molar-refractivity contribution is 7.98. The molecule has 9 nitrogen and oxygen atoms in total. The Balaban J connectivity index is 1.37. The zero-order valence-corrected chi connectivity index (χ0v) is 18.6. The highest BCUT2D eigenvalue weighted by Crippen LogP contribution is 2.41. The number of hydrogen-bond donors (Lipinski definition) is 2.